The van der Waals surface area contributed by atoms with E-state index in [1.807, 2.05) is 42.5 Å². The highest BCUT2D eigenvalue weighted by Gasteiger charge is 2.22. The van der Waals surface area contributed by atoms with Crippen molar-refractivity contribution >= 4 is 26.7 Å². The summed E-state index contributed by atoms with van der Waals surface area (Å²) in [6.07, 6.45) is -0.885. The first-order chi connectivity index (χ1) is 13.4. The van der Waals surface area contributed by atoms with Crippen LogP contribution in [0, 0.1) is 0 Å². The average molecular weight is 398 g/mol. The Labute approximate surface area is 164 Å². The van der Waals surface area contributed by atoms with Crippen molar-refractivity contribution < 1.29 is 18.3 Å². The molecule has 1 amide bonds. The second-order valence-electron chi connectivity index (χ2n) is 6.50. The van der Waals surface area contributed by atoms with Crippen LogP contribution < -0.4 is 5.32 Å². The van der Waals surface area contributed by atoms with Crippen LogP contribution in [0.3, 0.4) is 0 Å². The third kappa shape index (κ3) is 4.56. The zero-order chi connectivity index (χ0) is 20.1. The minimum absolute atomic E-state index is 0.00357. The van der Waals surface area contributed by atoms with Crippen LogP contribution in [-0.4, -0.2) is 43.9 Å². The van der Waals surface area contributed by atoms with Crippen molar-refractivity contribution in [1.82, 2.24) is 9.62 Å². The van der Waals surface area contributed by atoms with Crippen LogP contribution in [0.4, 0.5) is 0 Å². The summed E-state index contributed by atoms with van der Waals surface area (Å²) < 4.78 is 25.9. The Kier molecular flexibility index (Phi) is 6.08. The molecular formula is C21H22N2O4S. The maximum absolute atomic E-state index is 12.4. The van der Waals surface area contributed by atoms with Gasteiger partial charge in [0, 0.05) is 13.6 Å². The first kappa shape index (κ1) is 20.0. The largest absolute Gasteiger partial charge is 0.387 e. The van der Waals surface area contributed by atoms with Gasteiger partial charge in [-0.05, 0) is 34.5 Å². The number of carbonyl (C=O) groups excluding carboxylic acids is 1. The van der Waals surface area contributed by atoms with E-state index in [2.05, 4.69) is 5.32 Å². The van der Waals surface area contributed by atoms with Crippen LogP contribution in [0.15, 0.2) is 77.7 Å². The molecule has 28 heavy (non-hydrogen) atoms. The topological polar surface area (TPSA) is 86.7 Å². The zero-order valence-electron chi connectivity index (χ0n) is 15.4. The first-order valence-corrected chi connectivity index (χ1v) is 10.3. The molecule has 0 aliphatic carbocycles. The fourth-order valence-electron chi connectivity index (χ4n) is 2.86. The lowest BCUT2D eigenvalue weighted by Crippen LogP contribution is -2.39. The Hall–Kier alpha value is -2.74. The van der Waals surface area contributed by atoms with Crippen molar-refractivity contribution in [2.45, 2.75) is 11.0 Å². The fraction of sp³-hybridized carbons (Fsp3) is 0.190. The Balaban J connectivity index is 1.58. The highest BCUT2D eigenvalue weighted by atomic mass is 32.2. The molecule has 1 atom stereocenters. The number of rotatable bonds is 7. The molecule has 3 aromatic rings. The standard InChI is InChI=1S/C21H22N2O4S/c1-23(28(26,27)19-9-3-2-4-10-19)15-21(25)22-14-20(24)18-12-11-16-7-5-6-8-17(16)13-18/h2-13,20,24H,14-15H2,1H3,(H,22,25). The Morgan fingerprint density at radius 3 is 2.36 bits per heavy atom. The van der Waals surface area contributed by atoms with Gasteiger partial charge in [-0.25, -0.2) is 8.42 Å². The molecule has 146 valence electrons. The Morgan fingerprint density at radius 1 is 1.00 bits per heavy atom. The average Bonchev–Trinajstić information content (AvgIpc) is 2.72. The molecule has 0 heterocycles. The number of nitrogens with one attached hydrogen (secondary N) is 1. The molecule has 7 heteroatoms. The van der Waals surface area contributed by atoms with E-state index in [4.69, 9.17) is 0 Å². The van der Waals surface area contributed by atoms with Gasteiger partial charge in [-0.2, -0.15) is 4.31 Å². The van der Waals surface area contributed by atoms with Gasteiger partial charge in [0.2, 0.25) is 15.9 Å². The summed E-state index contributed by atoms with van der Waals surface area (Å²) in [6, 6.07) is 21.3. The fourth-order valence-corrected chi connectivity index (χ4v) is 4.01. The van der Waals surface area contributed by atoms with E-state index < -0.39 is 22.0 Å². The third-order valence-corrected chi connectivity index (χ3v) is 6.29. The van der Waals surface area contributed by atoms with Gasteiger partial charge in [0.05, 0.1) is 17.5 Å². The van der Waals surface area contributed by atoms with E-state index in [1.165, 1.54) is 19.2 Å². The van der Waals surface area contributed by atoms with Gasteiger partial charge in [0.15, 0.2) is 0 Å². The molecule has 2 N–H and O–H groups in total. The van der Waals surface area contributed by atoms with Crippen LogP contribution in [0.1, 0.15) is 11.7 Å². The molecule has 0 bridgehead atoms. The van der Waals surface area contributed by atoms with E-state index in [1.54, 1.807) is 18.2 Å². The molecule has 3 aromatic carbocycles. The number of fused-ring (bicyclic) bond motifs is 1. The Bertz CT molecular complexity index is 1070. The lowest BCUT2D eigenvalue weighted by molar-refractivity contribution is -0.121. The van der Waals surface area contributed by atoms with Crippen LogP contribution in [-0.2, 0) is 14.8 Å². The van der Waals surface area contributed by atoms with Crippen LogP contribution >= 0.6 is 0 Å². The number of hydrogen-bond acceptors (Lipinski definition) is 4. The van der Waals surface area contributed by atoms with Crippen molar-refractivity contribution in [3.8, 4) is 0 Å². The normalized spacial score (nSPS) is 12.8. The van der Waals surface area contributed by atoms with E-state index in [0.717, 1.165) is 15.1 Å². The zero-order valence-corrected chi connectivity index (χ0v) is 16.3. The van der Waals surface area contributed by atoms with Crippen molar-refractivity contribution in [2.75, 3.05) is 20.1 Å². The maximum atomic E-state index is 12.4. The maximum Gasteiger partial charge on any atom is 0.243 e. The molecule has 0 radical (unpaired) electrons. The summed E-state index contributed by atoms with van der Waals surface area (Å²) in [5, 5.41) is 15.0. The Morgan fingerprint density at radius 2 is 1.64 bits per heavy atom. The lowest BCUT2D eigenvalue weighted by Gasteiger charge is -2.18. The number of hydrogen-bond donors (Lipinski definition) is 2. The van der Waals surface area contributed by atoms with Crippen LogP contribution in [0.2, 0.25) is 0 Å². The summed E-state index contributed by atoms with van der Waals surface area (Å²) in [4.78, 5) is 12.3. The van der Waals surface area contributed by atoms with Crippen LogP contribution in [0.5, 0.6) is 0 Å². The quantitative estimate of drug-likeness (QED) is 0.639. The van der Waals surface area contributed by atoms with Gasteiger partial charge in [-0.15, -0.1) is 0 Å². The van der Waals surface area contributed by atoms with Crippen molar-refractivity contribution in [1.29, 1.82) is 0 Å². The predicted octanol–water partition coefficient (Wildman–Crippen LogP) is 2.31. The van der Waals surface area contributed by atoms with Gasteiger partial charge < -0.3 is 10.4 Å². The molecule has 0 spiro atoms. The molecule has 0 saturated heterocycles. The van der Waals surface area contributed by atoms with E-state index in [9.17, 15) is 18.3 Å². The number of aliphatic hydroxyl groups is 1. The minimum atomic E-state index is -3.74. The van der Waals surface area contributed by atoms with E-state index in [-0.39, 0.29) is 18.0 Å². The van der Waals surface area contributed by atoms with Crippen molar-refractivity contribution in [3.63, 3.8) is 0 Å². The molecule has 0 aliphatic heterocycles. The van der Waals surface area contributed by atoms with Gasteiger partial charge >= 0.3 is 0 Å². The smallest absolute Gasteiger partial charge is 0.243 e. The number of likely N-dealkylation sites (N-methyl/N-ethyl adjacent to an activating group) is 1. The first-order valence-electron chi connectivity index (χ1n) is 8.83. The summed E-state index contributed by atoms with van der Waals surface area (Å²) in [5.41, 5.74) is 0.685. The van der Waals surface area contributed by atoms with Gasteiger partial charge in [-0.3, -0.25) is 4.79 Å². The molecule has 6 nitrogen and oxygen atoms in total. The van der Waals surface area contributed by atoms with Crippen molar-refractivity contribution in [2.24, 2.45) is 0 Å². The number of aliphatic hydroxyl groups excluding tert-OH is 1. The highest BCUT2D eigenvalue weighted by Crippen LogP contribution is 2.20. The van der Waals surface area contributed by atoms with E-state index >= 15 is 0 Å². The lowest BCUT2D eigenvalue weighted by atomic mass is 10.0. The van der Waals surface area contributed by atoms with E-state index in [0.29, 0.717) is 5.56 Å². The number of carbonyl (C=O) groups is 1. The van der Waals surface area contributed by atoms with Crippen LogP contribution in [0.25, 0.3) is 10.8 Å². The molecule has 0 fully saturated rings. The highest BCUT2D eigenvalue weighted by molar-refractivity contribution is 7.89. The number of amides is 1. The summed E-state index contributed by atoms with van der Waals surface area (Å²) in [6.45, 7) is -0.335. The predicted molar refractivity (Wildman–Crippen MR) is 108 cm³/mol. The molecule has 1 unspecified atom stereocenters. The molecule has 3 rings (SSSR count). The number of benzene rings is 3. The summed E-state index contributed by atoms with van der Waals surface area (Å²) in [7, 11) is -2.39. The van der Waals surface area contributed by atoms with Gasteiger partial charge in [-0.1, -0.05) is 54.6 Å². The second kappa shape index (κ2) is 8.52. The number of sulfonamides is 1. The molecule has 0 aliphatic rings. The molecular weight excluding hydrogens is 376 g/mol. The SMILES string of the molecule is CN(CC(=O)NCC(O)c1ccc2ccccc2c1)S(=O)(=O)c1ccccc1. The van der Waals surface area contributed by atoms with Crippen molar-refractivity contribution in [3.05, 3.63) is 78.4 Å². The summed E-state index contributed by atoms with van der Waals surface area (Å²) in [5.74, 6) is -0.484. The third-order valence-electron chi connectivity index (χ3n) is 4.47. The van der Waals surface area contributed by atoms with Gasteiger partial charge in [0.25, 0.3) is 0 Å². The minimum Gasteiger partial charge on any atom is -0.387 e. The number of nitrogens with zero attached hydrogens (tertiary/aromatic N) is 1. The molecule has 0 saturated carbocycles. The summed E-state index contributed by atoms with van der Waals surface area (Å²) >= 11 is 0. The second-order valence-corrected chi connectivity index (χ2v) is 8.55. The molecule has 0 aromatic heterocycles. The monoisotopic (exact) mass is 398 g/mol. The van der Waals surface area contributed by atoms with Gasteiger partial charge in [0.1, 0.15) is 0 Å².